The highest BCUT2D eigenvalue weighted by Crippen LogP contribution is 2.32. The number of hydrogen-bond donors (Lipinski definition) is 2. The monoisotopic (exact) mass is 460 g/mol. The first-order valence-electron chi connectivity index (χ1n) is 9.75. The predicted octanol–water partition coefficient (Wildman–Crippen LogP) is 4.83. The molecular formula is C22H21FN2O4S2. The Hall–Kier alpha value is -2.91. The van der Waals surface area contributed by atoms with Gasteiger partial charge in [-0.3, -0.25) is 9.52 Å². The van der Waals surface area contributed by atoms with Crippen molar-refractivity contribution < 1.29 is 22.3 Å². The number of hydrogen-bond acceptors (Lipinski definition) is 5. The fourth-order valence-corrected chi connectivity index (χ4v) is 5.69. The number of carbonyl (C=O) groups is 1. The van der Waals surface area contributed by atoms with Crippen LogP contribution in [0.3, 0.4) is 0 Å². The van der Waals surface area contributed by atoms with Gasteiger partial charge in [0.1, 0.15) is 11.6 Å². The third-order valence-electron chi connectivity index (χ3n) is 5.05. The molecule has 6 nitrogen and oxygen atoms in total. The molecule has 1 aromatic heterocycles. The van der Waals surface area contributed by atoms with Crippen molar-refractivity contribution in [2.24, 2.45) is 0 Å². The van der Waals surface area contributed by atoms with E-state index in [-0.39, 0.29) is 22.2 Å². The van der Waals surface area contributed by atoms with Crippen molar-refractivity contribution in [2.75, 3.05) is 17.1 Å². The lowest BCUT2D eigenvalue weighted by Gasteiger charge is -2.14. The lowest BCUT2D eigenvalue weighted by atomic mass is 9.99. The first-order valence-corrected chi connectivity index (χ1v) is 12.0. The van der Waals surface area contributed by atoms with E-state index in [2.05, 4.69) is 10.0 Å². The molecule has 4 rings (SSSR count). The van der Waals surface area contributed by atoms with E-state index in [9.17, 15) is 17.6 Å². The van der Waals surface area contributed by atoms with E-state index >= 15 is 0 Å². The summed E-state index contributed by atoms with van der Waals surface area (Å²) >= 11 is 1.50. The summed E-state index contributed by atoms with van der Waals surface area (Å²) in [4.78, 5) is 14.5. The number of thiophene rings is 1. The molecule has 0 saturated carbocycles. The molecule has 1 aliphatic carbocycles. The summed E-state index contributed by atoms with van der Waals surface area (Å²) < 4.78 is 46.2. The molecule has 0 bridgehead atoms. The average molecular weight is 461 g/mol. The zero-order chi connectivity index (χ0) is 22.0. The van der Waals surface area contributed by atoms with Crippen LogP contribution in [0.25, 0.3) is 0 Å². The Morgan fingerprint density at radius 2 is 1.81 bits per heavy atom. The first-order chi connectivity index (χ1) is 14.9. The minimum atomic E-state index is -3.97. The minimum absolute atomic E-state index is 0.0884. The van der Waals surface area contributed by atoms with E-state index in [1.165, 1.54) is 47.1 Å². The van der Waals surface area contributed by atoms with Crippen molar-refractivity contribution >= 4 is 38.6 Å². The van der Waals surface area contributed by atoms with Crippen LogP contribution >= 0.6 is 11.3 Å². The third-order valence-corrected chi connectivity index (χ3v) is 7.66. The topological polar surface area (TPSA) is 84.5 Å². The van der Waals surface area contributed by atoms with Crippen molar-refractivity contribution in [3.8, 4) is 5.75 Å². The second-order valence-corrected chi connectivity index (χ2v) is 10.0. The summed E-state index contributed by atoms with van der Waals surface area (Å²) in [6, 6.07) is 11.1. The van der Waals surface area contributed by atoms with E-state index in [1.807, 2.05) is 6.07 Å². The zero-order valence-electron chi connectivity index (χ0n) is 16.8. The summed E-state index contributed by atoms with van der Waals surface area (Å²) in [6.45, 7) is 0. The minimum Gasteiger partial charge on any atom is -0.495 e. The summed E-state index contributed by atoms with van der Waals surface area (Å²) in [6.07, 6.45) is 4.29. The maximum Gasteiger partial charge on any atom is 0.265 e. The largest absolute Gasteiger partial charge is 0.495 e. The van der Waals surface area contributed by atoms with E-state index in [0.29, 0.717) is 10.6 Å². The highest BCUT2D eigenvalue weighted by molar-refractivity contribution is 7.92. The van der Waals surface area contributed by atoms with Crippen LogP contribution in [-0.2, 0) is 22.9 Å². The fraction of sp³-hybridized carbons (Fsp3) is 0.227. The number of amides is 1. The number of nitrogens with one attached hydrogen (secondary N) is 2. The molecule has 9 heteroatoms. The lowest BCUT2D eigenvalue weighted by molar-refractivity contribution is 0.103. The van der Waals surface area contributed by atoms with E-state index in [1.54, 1.807) is 12.1 Å². The first kappa shape index (κ1) is 21.3. The molecule has 1 amide bonds. The third kappa shape index (κ3) is 4.72. The van der Waals surface area contributed by atoms with E-state index in [0.717, 1.165) is 37.8 Å². The molecule has 1 aliphatic rings. The lowest BCUT2D eigenvalue weighted by Crippen LogP contribution is -2.15. The van der Waals surface area contributed by atoms with Crippen molar-refractivity contribution in [1.82, 2.24) is 0 Å². The number of aryl methyl sites for hydroxylation is 2. The molecule has 0 aliphatic heterocycles. The van der Waals surface area contributed by atoms with Crippen LogP contribution in [0, 0.1) is 5.82 Å². The molecular weight excluding hydrogens is 439 g/mol. The van der Waals surface area contributed by atoms with Gasteiger partial charge in [0.25, 0.3) is 15.9 Å². The number of ether oxygens (including phenoxy) is 1. The van der Waals surface area contributed by atoms with Crippen LogP contribution in [0.15, 0.2) is 53.4 Å². The van der Waals surface area contributed by atoms with Gasteiger partial charge in [0.05, 0.1) is 22.6 Å². The van der Waals surface area contributed by atoms with Crippen LogP contribution in [0.2, 0.25) is 0 Å². The molecule has 162 valence electrons. The van der Waals surface area contributed by atoms with Gasteiger partial charge in [-0.25, -0.2) is 12.8 Å². The molecule has 0 unspecified atom stereocenters. The van der Waals surface area contributed by atoms with Crippen LogP contribution in [0.1, 0.15) is 33.0 Å². The van der Waals surface area contributed by atoms with Gasteiger partial charge in [-0.05, 0) is 79.8 Å². The van der Waals surface area contributed by atoms with Crippen LogP contribution in [0.5, 0.6) is 5.75 Å². The Balaban J connectivity index is 1.56. The van der Waals surface area contributed by atoms with Crippen LogP contribution in [-0.4, -0.2) is 21.4 Å². The quantitative estimate of drug-likeness (QED) is 0.552. The molecule has 0 atom stereocenters. The number of carbonyl (C=O) groups excluding carboxylic acids is 1. The molecule has 3 aromatic rings. The van der Waals surface area contributed by atoms with Crippen molar-refractivity contribution in [3.63, 3.8) is 0 Å². The maximum absolute atomic E-state index is 13.1. The zero-order valence-corrected chi connectivity index (χ0v) is 18.4. The molecule has 2 aromatic carbocycles. The van der Waals surface area contributed by atoms with Gasteiger partial charge in [-0.2, -0.15) is 0 Å². The summed E-state index contributed by atoms with van der Waals surface area (Å²) in [5.74, 6) is -0.483. The Labute approximate surface area is 184 Å². The summed E-state index contributed by atoms with van der Waals surface area (Å²) in [5.41, 5.74) is 1.83. The van der Waals surface area contributed by atoms with E-state index < -0.39 is 15.8 Å². The number of halogens is 1. The number of benzene rings is 2. The normalized spacial score (nSPS) is 13.4. The van der Waals surface area contributed by atoms with Crippen molar-refractivity contribution in [3.05, 3.63) is 69.7 Å². The summed E-state index contributed by atoms with van der Waals surface area (Å²) in [7, 11) is -2.55. The molecule has 1 heterocycles. The summed E-state index contributed by atoms with van der Waals surface area (Å²) in [5, 5.41) is 2.82. The number of rotatable bonds is 6. The van der Waals surface area contributed by atoms with Gasteiger partial charge in [-0.15, -0.1) is 11.3 Å². The van der Waals surface area contributed by atoms with Gasteiger partial charge >= 0.3 is 0 Å². The van der Waals surface area contributed by atoms with Crippen molar-refractivity contribution in [2.45, 2.75) is 30.6 Å². The molecule has 31 heavy (non-hydrogen) atoms. The van der Waals surface area contributed by atoms with Gasteiger partial charge in [0.2, 0.25) is 0 Å². The maximum atomic E-state index is 13.1. The molecule has 0 spiro atoms. The Morgan fingerprint density at radius 3 is 2.52 bits per heavy atom. The van der Waals surface area contributed by atoms with Crippen LogP contribution < -0.4 is 14.8 Å². The molecule has 0 fully saturated rings. The standard InChI is InChI=1S/C22H21FN2O4S2/c1-29-19-11-8-16(24-22(26)21-12-14-4-2-3-5-20(14)30-21)13-18(19)25-31(27,28)17-9-6-15(23)7-10-17/h6-13,25H,2-5H2,1H3,(H,24,26). The molecule has 0 radical (unpaired) electrons. The second-order valence-electron chi connectivity index (χ2n) is 7.19. The van der Waals surface area contributed by atoms with Gasteiger partial charge in [0, 0.05) is 10.6 Å². The highest BCUT2D eigenvalue weighted by Gasteiger charge is 2.20. The Kier molecular flexibility index (Phi) is 5.97. The van der Waals surface area contributed by atoms with Crippen LogP contribution in [0.4, 0.5) is 15.8 Å². The highest BCUT2D eigenvalue weighted by atomic mass is 32.2. The fourth-order valence-electron chi connectivity index (χ4n) is 3.48. The molecule has 0 saturated heterocycles. The van der Waals surface area contributed by atoms with Gasteiger partial charge in [-0.1, -0.05) is 0 Å². The Morgan fingerprint density at radius 1 is 1.06 bits per heavy atom. The van der Waals surface area contributed by atoms with E-state index in [4.69, 9.17) is 4.74 Å². The van der Waals surface area contributed by atoms with Gasteiger partial charge < -0.3 is 10.1 Å². The second kappa shape index (κ2) is 8.68. The number of anilines is 2. The average Bonchev–Trinajstić information content (AvgIpc) is 3.18. The SMILES string of the molecule is COc1ccc(NC(=O)c2cc3c(s2)CCCC3)cc1NS(=O)(=O)c1ccc(F)cc1. The predicted molar refractivity (Wildman–Crippen MR) is 119 cm³/mol. The smallest absolute Gasteiger partial charge is 0.265 e. The number of sulfonamides is 1. The van der Waals surface area contributed by atoms with Crippen molar-refractivity contribution in [1.29, 1.82) is 0 Å². The number of methoxy groups -OCH3 is 1. The molecule has 2 N–H and O–H groups in total. The Bertz CT molecular complexity index is 1200. The number of fused-ring (bicyclic) bond motifs is 1. The van der Waals surface area contributed by atoms with Gasteiger partial charge in [0.15, 0.2) is 0 Å².